The van der Waals surface area contributed by atoms with Gasteiger partial charge in [0.2, 0.25) is 5.95 Å². The molecule has 0 amide bonds. The van der Waals surface area contributed by atoms with Gasteiger partial charge in [-0.25, -0.2) is 9.97 Å². The molecule has 0 bridgehead atoms. The average molecular weight is 1060 g/mol. The summed E-state index contributed by atoms with van der Waals surface area (Å²) in [7, 11) is 0. The van der Waals surface area contributed by atoms with Crippen LogP contribution in [-0.2, 0) is 21.7 Å². The van der Waals surface area contributed by atoms with E-state index < -0.39 is 5.41 Å². The number of fused-ring (bicyclic) bond motifs is 17. The van der Waals surface area contributed by atoms with Gasteiger partial charge in [0.05, 0.1) is 11.4 Å². The first-order chi connectivity index (χ1) is 39.5. The van der Waals surface area contributed by atoms with Crippen LogP contribution < -0.4 is 4.90 Å². The molecule has 82 heavy (non-hydrogen) atoms. The minimum atomic E-state index is -0.399. The molecule has 13 aromatic rings. The van der Waals surface area contributed by atoms with Gasteiger partial charge in [0.15, 0.2) is 0 Å². The average Bonchev–Trinajstić information content (AvgIpc) is 2.56. The Morgan fingerprint density at radius 2 is 0.866 bits per heavy atom. The van der Waals surface area contributed by atoms with Gasteiger partial charge in [0.1, 0.15) is 22.3 Å². The van der Waals surface area contributed by atoms with Crippen LogP contribution in [0.2, 0.25) is 0 Å². The van der Waals surface area contributed by atoms with Crippen LogP contribution >= 0.6 is 0 Å². The first-order valence-corrected chi connectivity index (χ1v) is 28.9. The zero-order chi connectivity index (χ0) is 55.8. The second-order valence-electron chi connectivity index (χ2n) is 25.7. The van der Waals surface area contributed by atoms with E-state index in [1.165, 1.54) is 77.7 Å². The predicted octanol–water partition coefficient (Wildman–Crippen LogP) is 21.0. The highest BCUT2D eigenvalue weighted by Crippen LogP contribution is 2.60. The van der Waals surface area contributed by atoms with Gasteiger partial charge in [0.25, 0.3) is 0 Å². The lowest BCUT2D eigenvalue weighted by atomic mass is 9.79. The lowest BCUT2D eigenvalue weighted by Crippen LogP contribution is -2.19. The highest BCUT2D eigenvalue weighted by atomic mass is 16.3. The fraction of sp³-hybridized carbons (Fsp3) is 0.169. The Labute approximate surface area is 478 Å². The Morgan fingerprint density at radius 1 is 0.366 bits per heavy atom. The molecule has 0 unspecified atom stereocenters. The Balaban J connectivity index is 0.898. The molecule has 0 saturated carbocycles. The third-order valence-corrected chi connectivity index (χ3v) is 18.9. The number of anilines is 3. The van der Waals surface area contributed by atoms with Crippen LogP contribution in [0.15, 0.2) is 215 Å². The molecule has 0 aliphatic heterocycles. The molecule has 5 heteroatoms. The Hall–Kier alpha value is -9.32. The molecule has 3 aliphatic rings. The van der Waals surface area contributed by atoms with E-state index in [9.17, 15) is 0 Å². The fourth-order valence-electron chi connectivity index (χ4n) is 14.4. The molecule has 3 aliphatic carbocycles. The standard InChI is InChI=1S/C77H61N3O2/c1-74(2,3)47-30-28-44(29-31-47)54-40-62-68(71-53-25-17-19-27-66(53)82-72(54)71)51-35-33-49(39-59(51)77(62,8)9)80(73-78-63(45-20-12-10-13-21-45)43-64(79-73)46-22-14-11-15-23-46)48-32-34-50-55-41-61-56(42-60(55)76(6,7)58(50)38-48)69-57(75(61,4)5)36-37-67-70(69)52-24-16-18-26-65(52)81-67/h10-43H,1-9H3. The molecule has 396 valence electrons. The molecule has 0 atom stereocenters. The Bertz CT molecular complexity index is 4800. The lowest BCUT2D eigenvalue weighted by molar-refractivity contribution is 0.590. The monoisotopic (exact) mass is 1060 g/mol. The van der Waals surface area contributed by atoms with Gasteiger partial charge in [-0.3, -0.25) is 4.90 Å². The molecule has 0 radical (unpaired) electrons. The van der Waals surface area contributed by atoms with E-state index in [0.717, 1.165) is 83.5 Å². The molecule has 0 spiro atoms. The number of benzene rings is 10. The van der Waals surface area contributed by atoms with Crippen molar-refractivity contribution in [1.82, 2.24) is 9.97 Å². The number of rotatable bonds is 6. The summed E-state index contributed by atoms with van der Waals surface area (Å²) >= 11 is 0. The van der Waals surface area contributed by atoms with Crippen LogP contribution in [0, 0.1) is 0 Å². The van der Waals surface area contributed by atoms with E-state index >= 15 is 0 Å². The predicted molar refractivity (Wildman–Crippen MR) is 339 cm³/mol. The van der Waals surface area contributed by atoms with Gasteiger partial charge in [-0.1, -0.05) is 202 Å². The molecular formula is C77H61N3O2. The first kappa shape index (κ1) is 48.6. The van der Waals surface area contributed by atoms with Gasteiger partial charge in [0, 0.05) is 65.9 Å². The van der Waals surface area contributed by atoms with E-state index in [0.29, 0.717) is 5.95 Å². The molecule has 16 rings (SSSR count). The number of para-hydroxylation sites is 2. The fourth-order valence-corrected chi connectivity index (χ4v) is 14.4. The molecule has 0 N–H and O–H groups in total. The van der Waals surface area contributed by atoms with Gasteiger partial charge >= 0.3 is 0 Å². The maximum absolute atomic E-state index is 6.94. The number of hydrogen-bond donors (Lipinski definition) is 0. The number of furan rings is 2. The summed E-state index contributed by atoms with van der Waals surface area (Å²) in [5.41, 5.74) is 27.4. The Kier molecular flexibility index (Phi) is 10.00. The van der Waals surface area contributed by atoms with E-state index in [2.05, 4.69) is 273 Å². The van der Waals surface area contributed by atoms with E-state index in [1.54, 1.807) is 0 Å². The summed E-state index contributed by atoms with van der Waals surface area (Å²) in [5.74, 6) is 0.597. The molecule has 0 fully saturated rings. The smallest absolute Gasteiger partial charge is 0.235 e. The van der Waals surface area contributed by atoms with Crippen LogP contribution in [0.1, 0.15) is 101 Å². The molecule has 3 heterocycles. The van der Waals surface area contributed by atoms with Gasteiger partial charge in [-0.15, -0.1) is 0 Å². The molecular weight excluding hydrogens is 999 g/mol. The van der Waals surface area contributed by atoms with Crippen molar-refractivity contribution in [1.29, 1.82) is 0 Å². The van der Waals surface area contributed by atoms with Gasteiger partial charge in [-0.2, -0.15) is 0 Å². The van der Waals surface area contributed by atoms with Crippen molar-refractivity contribution < 1.29 is 8.83 Å². The van der Waals surface area contributed by atoms with E-state index in [1.807, 2.05) is 0 Å². The summed E-state index contributed by atoms with van der Waals surface area (Å²) in [6.45, 7) is 21.2. The molecule has 10 aromatic carbocycles. The van der Waals surface area contributed by atoms with E-state index in [-0.39, 0.29) is 16.2 Å². The topological polar surface area (TPSA) is 55.3 Å². The van der Waals surface area contributed by atoms with Crippen molar-refractivity contribution in [2.24, 2.45) is 0 Å². The van der Waals surface area contributed by atoms with Crippen LogP contribution in [0.5, 0.6) is 0 Å². The maximum Gasteiger partial charge on any atom is 0.235 e. The summed E-state index contributed by atoms with van der Waals surface area (Å²) in [6.07, 6.45) is 0. The van der Waals surface area contributed by atoms with Crippen molar-refractivity contribution >= 4 is 61.2 Å². The molecule has 0 saturated heterocycles. The lowest BCUT2D eigenvalue weighted by Gasteiger charge is -2.29. The zero-order valence-electron chi connectivity index (χ0n) is 47.8. The van der Waals surface area contributed by atoms with Crippen molar-refractivity contribution in [3.63, 3.8) is 0 Å². The number of hydrogen-bond acceptors (Lipinski definition) is 5. The highest BCUT2D eigenvalue weighted by molar-refractivity contribution is 6.19. The maximum atomic E-state index is 6.94. The largest absolute Gasteiger partial charge is 0.456 e. The summed E-state index contributed by atoms with van der Waals surface area (Å²) in [4.78, 5) is 13.5. The molecule has 5 nitrogen and oxygen atoms in total. The zero-order valence-corrected chi connectivity index (χ0v) is 47.8. The van der Waals surface area contributed by atoms with Crippen molar-refractivity contribution in [3.05, 3.63) is 245 Å². The first-order valence-electron chi connectivity index (χ1n) is 28.9. The van der Waals surface area contributed by atoms with Crippen LogP contribution in [0.4, 0.5) is 17.3 Å². The van der Waals surface area contributed by atoms with Crippen molar-refractivity contribution in [2.75, 3.05) is 4.90 Å². The second-order valence-corrected chi connectivity index (χ2v) is 25.7. The van der Waals surface area contributed by atoms with Gasteiger partial charge in [-0.05, 0) is 150 Å². The third kappa shape index (κ3) is 6.86. The highest BCUT2D eigenvalue weighted by Gasteiger charge is 2.44. The number of nitrogens with zero attached hydrogens (tertiary/aromatic N) is 3. The quantitative estimate of drug-likeness (QED) is 0.166. The minimum Gasteiger partial charge on any atom is -0.456 e. The van der Waals surface area contributed by atoms with Crippen molar-refractivity contribution in [3.8, 4) is 67.0 Å². The second kappa shape index (κ2) is 16.9. The number of aromatic nitrogens is 2. The minimum absolute atomic E-state index is 0.0361. The van der Waals surface area contributed by atoms with Crippen LogP contribution in [-0.4, -0.2) is 9.97 Å². The van der Waals surface area contributed by atoms with Crippen LogP contribution in [0.25, 0.3) is 111 Å². The normalized spacial score (nSPS) is 14.9. The summed E-state index contributed by atoms with van der Waals surface area (Å²) in [6, 6.07) is 75.3. The Morgan fingerprint density at radius 3 is 1.51 bits per heavy atom. The van der Waals surface area contributed by atoms with E-state index in [4.69, 9.17) is 18.8 Å². The van der Waals surface area contributed by atoms with Gasteiger partial charge < -0.3 is 8.83 Å². The summed E-state index contributed by atoms with van der Waals surface area (Å²) < 4.78 is 13.5. The van der Waals surface area contributed by atoms with Crippen molar-refractivity contribution in [2.45, 2.75) is 84.0 Å². The molecule has 3 aromatic heterocycles. The van der Waals surface area contributed by atoms with Crippen LogP contribution in [0.3, 0.4) is 0 Å². The third-order valence-electron chi connectivity index (χ3n) is 18.9. The SMILES string of the molecule is CC(C)(C)c1ccc(-c2cc3c(c4c2oc2ccccc24)-c2ccc(N(c4ccc5c(c4)C(C)(C)c4cc6c(cc4-5)C(C)(C)c4ccc5oc7ccccc7c5c4-6)c4nc(-c5ccccc5)cc(-c5ccccc5)n4)cc2C3(C)C)cc1. The summed E-state index contributed by atoms with van der Waals surface area (Å²) in [5, 5.41) is 4.65.